The van der Waals surface area contributed by atoms with Crippen molar-refractivity contribution in [3.8, 4) is 0 Å². The number of hydrogen-bond donors (Lipinski definition) is 0. The van der Waals surface area contributed by atoms with Gasteiger partial charge in [0.25, 0.3) is 0 Å². The Bertz CT molecular complexity index is 178. The van der Waals surface area contributed by atoms with Crippen molar-refractivity contribution in [2.75, 3.05) is 26.9 Å². The summed E-state index contributed by atoms with van der Waals surface area (Å²) in [6.45, 7) is 2.63. The molecule has 0 N–H and O–H groups in total. The first-order chi connectivity index (χ1) is 6.70. The summed E-state index contributed by atoms with van der Waals surface area (Å²) < 4.78 is 14.1. The first-order valence-corrected chi connectivity index (χ1v) is 4.50. The van der Waals surface area contributed by atoms with Crippen LogP contribution < -0.4 is 0 Å². The topological polar surface area (TPSA) is 61.8 Å². The van der Waals surface area contributed by atoms with E-state index in [0.29, 0.717) is 13.2 Å². The molecule has 0 aromatic heterocycles. The zero-order valence-electron chi connectivity index (χ0n) is 8.58. The third-order valence-electron chi connectivity index (χ3n) is 1.39. The Hall–Kier alpha value is -1.10. The molecule has 0 aliphatic heterocycles. The molecule has 0 aromatic rings. The van der Waals surface area contributed by atoms with Crippen molar-refractivity contribution < 1.29 is 23.8 Å². The highest BCUT2D eigenvalue weighted by molar-refractivity contribution is 5.77. The molecule has 0 saturated carbocycles. The molecule has 5 heteroatoms. The Morgan fingerprint density at radius 3 is 2.07 bits per heavy atom. The van der Waals surface area contributed by atoms with Crippen molar-refractivity contribution in [1.82, 2.24) is 0 Å². The summed E-state index contributed by atoms with van der Waals surface area (Å²) in [6.07, 6.45) is 0.127. The molecule has 0 spiro atoms. The summed E-state index contributed by atoms with van der Waals surface area (Å²) in [5.74, 6) is -0.786. The van der Waals surface area contributed by atoms with E-state index in [1.54, 1.807) is 6.92 Å². The van der Waals surface area contributed by atoms with Crippen molar-refractivity contribution in [3.05, 3.63) is 0 Å². The Balaban J connectivity index is 3.39. The smallest absolute Gasteiger partial charge is 0.306 e. The molecule has 14 heavy (non-hydrogen) atoms. The van der Waals surface area contributed by atoms with Crippen LogP contribution in [0, 0.1) is 0 Å². The molecular formula is C9H16O5. The van der Waals surface area contributed by atoms with Crippen molar-refractivity contribution in [2.45, 2.75) is 19.8 Å². The number of rotatable bonds is 7. The molecule has 0 fully saturated rings. The van der Waals surface area contributed by atoms with Gasteiger partial charge in [0.05, 0.1) is 26.1 Å². The van der Waals surface area contributed by atoms with Crippen molar-refractivity contribution in [1.29, 1.82) is 0 Å². The van der Waals surface area contributed by atoms with Gasteiger partial charge in [-0.25, -0.2) is 0 Å². The summed E-state index contributed by atoms with van der Waals surface area (Å²) in [7, 11) is 1.52. The van der Waals surface area contributed by atoms with Gasteiger partial charge in [0.15, 0.2) is 0 Å². The lowest BCUT2D eigenvalue weighted by atomic mass is 10.3. The van der Waals surface area contributed by atoms with Crippen molar-refractivity contribution in [2.24, 2.45) is 0 Å². The highest BCUT2D eigenvalue weighted by atomic mass is 16.6. The van der Waals surface area contributed by atoms with Crippen molar-refractivity contribution >= 4 is 11.9 Å². The maximum Gasteiger partial charge on any atom is 0.306 e. The molecule has 0 saturated heterocycles. The number of ether oxygens (including phenoxy) is 3. The lowest BCUT2D eigenvalue weighted by molar-refractivity contribution is -0.150. The van der Waals surface area contributed by atoms with Gasteiger partial charge in [0.2, 0.25) is 0 Å². The summed E-state index contributed by atoms with van der Waals surface area (Å²) in [5.41, 5.74) is 0. The van der Waals surface area contributed by atoms with Gasteiger partial charge in [-0.15, -0.1) is 0 Å². The number of methoxy groups -OCH3 is 1. The Morgan fingerprint density at radius 2 is 1.57 bits per heavy atom. The Labute approximate surface area is 83.3 Å². The lowest BCUT2D eigenvalue weighted by Gasteiger charge is -2.03. The van der Waals surface area contributed by atoms with Gasteiger partial charge in [0, 0.05) is 7.11 Å². The molecule has 5 nitrogen and oxygen atoms in total. The predicted molar refractivity (Wildman–Crippen MR) is 48.7 cm³/mol. The average Bonchev–Trinajstić information content (AvgIpc) is 2.16. The standard InChI is InChI=1S/C9H16O5/c1-3-13-8(10)4-5-9(11)14-7-6-12-2/h3-7H2,1-2H3. The van der Waals surface area contributed by atoms with Crippen LogP contribution in [-0.4, -0.2) is 38.9 Å². The van der Waals surface area contributed by atoms with Crippen LogP contribution in [-0.2, 0) is 23.8 Å². The maximum atomic E-state index is 10.9. The third kappa shape index (κ3) is 7.54. The Morgan fingerprint density at radius 1 is 1.00 bits per heavy atom. The molecule has 0 aromatic carbocycles. The van der Waals surface area contributed by atoms with Crippen LogP contribution in [0.15, 0.2) is 0 Å². The van der Waals surface area contributed by atoms with Crippen LogP contribution in [0.1, 0.15) is 19.8 Å². The summed E-state index contributed by atoms with van der Waals surface area (Å²) in [5, 5.41) is 0. The van der Waals surface area contributed by atoms with Crippen molar-refractivity contribution in [3.63, 3.8) is 0 Å². The van der Waals surface area contributed by atoms with Crippen LogP contribution in [0.2, 0.25) is 0 Å². The molecule has 0 rings (SSSR count). The van der Waals surface area contributed by atoms with E-state index >= 15 is 0 Å². The second-order valence-electron chi connectivity index (χ2n) is 2.52. The first-order valence-electron chi connectivity index (χ1n) is 4.50. The summed E-state index contributed by atoms with van der Waals surface area (Å²) >= 11 is 0. The summed E-state index contributed by atoms with van der Waals surface area (Å²) in [6, 6.07) is 0. The molecule has 0 heterocycles. The van der Waals surface area contributed by atoms with Crippen LogP contribution in [0.5, 0.6) is 0 Å². The second-order valence-corrected chi connectivity index (χ2v) is 2.52. The molecule has 0 radical (unpaired) electrons. The van der Waals surface area contributed by atoms with E-state index < -0.39 is 5.97 Å². The van der Waals surface area contributed by atoms with E-state index in [0.717, 1.165) is 0 Å². The largest absolute Gasteiger partial charge is 0.466 e. The van der Waals surface area contributed by atoms with Gasteiger partial charge in [-0.2, -0.15) is 0 Å². The van der Waals surface area contributed by atoms with Gasteiger partial charge in [-0.1, -0.05) is 0 Å². The maximum absolute atomic E-state index is 10.9. The fourth-order valence-electron chi connectivity index (χ4n) is 0.748. The number of carbonyl (C=O) groups excluding carboxylic acids is 2. The SMILES string of the molecule is CCOC(=O)CCC(=O)OCCOC. The number of hydrogen-bond acceptors (Lipinski definition) is 5. The normalized spacial score (nSPS) is 9.57. The zero-order chi connectivity index (χ0) is 10.8. The van der Waals surface area contributed by atoms with Crippen LogP contribution >= 0.6 is 0 Å². The Kier molecular flexibility index (Phi) is 7.83. The van der Waals surface area contributed by atoms with Gasteiger partial charge < -0.3 is 14.2 Å². The van der Waals surface area contributed by atoms with E-state index in [4.69, 9.17) is 4.74 Å². The second kappa shape index (κ2) is 8.50. The average molecular weight is 204 g/mol. The molecule has 0 amide bonds. The monoisotopic (exact) mass is 204 g/mol. The van der Waals surface area contributed by atoms with E-state index in [9.17, 15) is 9.59 Å². The highest BCUT2D eigenvalue weighted by Crippen LogP contribution is 1.95. The van der Waals surface area contributed by atoms with Crippen LogP contribution in [0.3, 0.4) is 0 Å². The minimum absolute atomic E-state index is 0.0581. The molecule has 0 aliphatic carbocycles. The predicted octanol–water partition coefficient (Wildman–Crippen LogP) is 0.519. The van der Waals surface area contributed by atoms with Gasteiger partial charge in [-0.05, 0) is 6.92 Å². The molecule has 0 atom stereocenters. The third-order valence-corrected chi connectivity index (χ3v) is 1.39. The number of carbonyl (C=O) groups is 2. The van der Waals surface area contributed by atoms with Gasteiger partial charge >= 0.3 is 11.9 Å². The van der Waals surface area contributed by atoms with E-state index in [2.05, 4.69) is 9.47 Å². The fraction of sp³-hybridized carbons (Fsp3) is 0.778. The molecule has 82 valence electrons. The number of esters is 2. The lowest BCUT2D eigenvalue weighted by Crippen LogP contribution is -2.12. The van der Waals surface area contributed by atoms with Gasteiger partial charge in [-0.3, -0.25) is 9.59 Å². The molecule has 0 aliphatic rings. The quantitative estimate of drug-likeness (QED) is 0.447. The summed E-state index contributed by atoms with van der Waals surface area (Å²) in [4.78, 5) is 21.8. The fourth-order valence-corrected chi connectivity index (χ4v) is 0.748. The molecule has 0 bridgehead atoms. The van der Waals surface area contributed by atoms with E-state index in [1.807, 2.05) is 0 Å². The minimum atomic E-state index is -0.407. The van der Waals surface area contributed by atoms with E-state index in [1.165, 1.54) is 7.11 Å². The highest BCUT2D eigenvalue weighted by Gasteiger charge is 2.07. The molecule has 0 unspecified atom stereocenters. The minimum Gasteiger partial charge on any atom is -0.466 e. The van der Waals surface area contributed by atoms with Gasteiger partial charge in [0.1, 0.15) is 6.61 Å². The first kappa shape index (κ1) is 12.9. The molecular weight excluding hydrogens is 188 g/mol. The van der Waals surface area contributed by atoms with E-state index in [-0.39, 0.29) is 25.4 Å². The van der Waals surface area contributed by atoms with Crippen LogP contribution in [0.25, 0.3) is 0 Å². The zero-order valence-corrected chi connectivity index (χ0v) is 8.58. The van der Waals surface area contributed by atoms with Crippen LogP contribution in [0.4, 0.5) is 0 Å².